The monoisotopic (exact) mass is 429 g/mol. The maximum atomic E-state index is 12.7. The fourth-order valence-corrected chi connectivity index (χ4v) is 4.13. The van der Waals surface area contributed by atoms with Crippen LogP contribution >= 0.6 is 0 Å². The number of aromatic amines is 2. The minimum absolute atomic E-state index is 0.0355. The number of imidazole rings is 1. The van der Waals surface area contributed by atoms with E-state index >= 15 is 0 Å². The number of fused-ring (bicyclic) bond motifs is 3. The van der Waals surface area contributed by atoms with Crippen molar-refractivity contribution in [1.82, 2.24) is 20.2 Å². The number of hydrogen-bond acceptors (Lipinski definition) is 4. The first kappa shape index (κ1) is 19.4. The van der Waals surface area contributed by atoms with Gasteiger partial charge in [0, 0.05) is 11.9 Å². The first-order valence-corrected chi connectivity index (χ1v) is 9.69. The van der Waals surface area contributed by atoms with E-state index in [2.05, 4.69) is 24.9 Å². The van der Waals surface area contributed by atoms with Crippen LogP contribution in [-0.4, -0.2) is 39.0 Å². The topological polar surface area (TPSA) is 86.9 Å². The normalized spacial score (nSPS) is 15.8. The van der Waals surface area contributed by atoms with Crippen LogP contribution in [0.3, 0.4) is 0 Å². The molecule has 4 aromatic rings. The van der Waals surface area contributed by atoms with Gasteiger partial charge in [-0.15, -0.1) is 13.2 Å². The Hall–Kier alpha value is -3.56. The first-order valence-electron chi connectivity index (χ1n) is 9.69. The number of alkyl halides is 3. The summed E-state index contributed by atoms with van der Waals surface area (Å²) in [6, 6.07) is 7.72. The van der Waals surface area contributed by atoms with Crippen molar-refractivity contribution in [3.63, 3.8) is 0 Å². The molecule has 0 unspecified atom stereocenters. The van der Waals surface area contributed by atoms with Crippen molar-refractivity contribution >= 4 is 33.5 Å². The number of likely N-dealkylation sites (N-methyl/N-ethyl adjacent to an activating group) is 1. The van der Waals surface area contributed by atoms with Crippen molar-refractivity contribution in [2.45, 2.75) is 32.5 Å². The first-order chi connectivity index (χ1) is 14.6. The van der Waals surface area contributed by atoms with Gasteiger partial charge >= 0.3 is 6.36 Å². The molecule has 0 atom stereocenters. The largest absolute Gasteiger partial charge is 0.573 e. The standard InChI is InChI=1S/C21H18F3N5O2/c1-4-29-16-9-15-14(8-12(16)20(2,3)19(29)30)25-18(26-15)17-11-7-10(31-21(22,23)24)5-6-13(11)27-28-17/h5-9H,4H2,1-3H3,(H,25,26)(H,27,28). The van der Waals surface area contributed by atoms with E-state index in [0.29, 0.717) is 40.0 Å². The van der Waals surface area contributed by atoms with Gasteiger partial charge in [0.05, 0.1) is 27.7 Å². The fraction of sp³-hybridized carbons (Fsp3) is 0.286. The third kappa shape index (κ3) is 2.93. The van der Waals surface area contributed by atoms with Gasteiger partial charge in [0.25, 0.3) is 0 Å². The zero-order valence-corrected chi connectivity index (χ0v) is 16.9. The summed E-state index contributed by atoms with van der Waals surface area (Å²) in [6.07, 6.45) is -4.78. The van der Waals surface area contributed by atoms with Crippen molar-refractivity contribution in [3.8, 4) is 17.3 Å². The molecule has 0 fully saturated rings. The summed E-state index contributed by atoms with van der Waals surface area (Å²) >= 11 is 0. The van der Waals surface area contributed by atoms with E-state index < -0.39 is 11.8 Å². The third-order valence-corrected chi connectivity index (χ3v) is 5.65. The summed E-state index contributed by atoms with van der Waals surface area (Å²) < 4.78 is 41.8. The average molecular weight is 429 g/mol. The molecule has 10 heteroatoms. The molecule has 1 aliphatic rings. The number of rotatable bonds is 3. The molecular formula is C21H18F3N5O2. The van der Waals surface area contributed by atoms with Crippen LogP contribution in [0.4, 0.5) is 18.9 Å². The highest BCUT2D eigenvalue weighted by molar-refractivity contribution is 6.09. The van der Waals surface area contributed by atoms with Gasteiger partial charge in [-0.2, -0.15) is 5.10 Å². The molecule has 0 saturated carbocycles. The number of carbonyl (C=O) groups excluding carboxylic acids is 1. The van der Waals surface area contributed by atoms with Gasteiger partial charge in [-0.05, 0) is 56.7 Å². The number of nitrogens with zero attached hydrogens (tertiary/aromatic N) is 3. The Morgan fingerprint density at radius 3 is 2.65 bits per heavy atom. The van der Waals surface area contributed by atoms with Crippen LogP contribution in [0.1, 0.15) is 26.3 Å². The predicted molar refractivity (Wildman–Crippen MR) is 109 cm³/mol. The van der Waals surface area contributed by atoms with Gasteiger partial charge in [-0.3, -0.25) is 9.89 Å². The van der Waals surface area contributed by atoms with Crippen molar-refractivity contribution in [3.05, 3.63) is 35.9 Å². The highest BCUT2D eigenvalue weighted by Crippen LogP contribution is 2.43. The lowest BCUT2D eigenvalue weighted by Gasteiger charge is -2.18. The number of aromatic nitrogens is 4. The van der Waals surface area contributed by atoms with Crippen LogP contribution in [0.2, 0.25) is 0 Å². The SMILES string of the molecule is CCN1C(=O)C(C)(C)c2cc3nc(-c4n[nH]c5ccc(OC(F)(F)F)cc45)[nH]c3cc21. The molecule has 2 aromatic carbocycles. The molecule has 7 nitrogen and oxygen atoms in total. The molecule has 0 saturated heterocycles. The van der Waals surface area contributed by atoms with Gasteiger partial charge in [0.1, 0.15) is 11.4 Å². The van der Waals surface area contributed by atoms with Crippen LogP contribution in [0.25, 0.3) is 33.5 Å². The number of benzene rings is 2. The van der Waals surface area contributed by atoms with E-state index in [1.807, 2.05) is 32.9 Å². The van der Waals surface area contributed by atoms with Crippen LogP contribution < -0.4 is 9.64 Å². The highest BCUT2D eigenvalue weighted by Gasteiger charge is 2.43. The molecule has 1 amide bonds. The number of halogens is 3. The van der Waals surface area contributed by atoms with Crippen LogP contribution in [-0.2, 0) is 10.2 Å². The third-order valence-electron chi connectivity index (χ3n) is 5.65. The second-order valence-corrected chi connectivity index (χ2v) is 7.97. The molecule has 2 aromatic heterocycles. The van der Waals surface area contributed by atoms with E-state index in [0.717, 1.165) is 11.3 Å². The Balaban J connectivity index is 1.63. The number of ether oxygens (including phenoxy) is 1. The van der Waals surface area contributed by atoms with Crippen molar-refractivity contribution in [2.24, 2.45) is 0 Å². The number of anilines is 1. The second kappa shape index (κ2) is 6.22. The molecule has 31 heavy (non-hydrogen) atoms. The van der Waals surface area contributed by atoms with E-state index in [-0.39, 0.29) is 11.7 Å². The molecular weight excluding hydrogens is 411 g/mol. The summed E-state index contributed by atoms with van der Waals surface area (Å²) in [6.45, 7) is 6.23. The molecule has 5 rings (SSSR count). The number of nitrogens with one attached hydrogen (secondary N) is 2. The summed E-state index contributed by atoms with van der Waals surface area (Å²) in [5.41, 5.74) is 3.33. The number of carbonyl (C=O) groups is 1. The number of hydrogen-bond donors (Lipinski definition) is 2. The van der Waals surface area contributed by atoms with Crippen molar-refractivity contribution in [1.29, 1.82) is 0 Å². The Labute approximate surface area is 174 Å². The molecule has 0 spiro atoms. The van der Waals surface area contributed by atoms with Gasteiger partial charge in [0.15, 0.2) is 5.82 Å². The zero-order valence-electron chi connectivity index (χ0n) is 16.9. The lowest BCUT2D eigenvalue weighted by Crippen LogP contribution is -2.35. The summed E-state index contributed by atoms with van der Waals surface area (Å²) in [7, 11) is 0. The predicted octanol–water partition coefficient (Wildman–Crippen LogP) is 4.65. The van der Waals surface area contributed by atoms with Crippen LogP contribution in [0.5, 0.6) is 5.75 Å². The van der Waals surface area contributed by atoms with Crippen LogP contribution in [0, 0.1) is 0 Å². The van der Waals surface area contributed by atoms with Gasteiger partial charge in [-0.25, -0.2) is 4.98 Å². The number of amides is 1. The molecule has 2 N–H and O–H groups in total. The van der Waals surface area contributed by atoms with E-state index in [9.17, 15) is 18.0 Å². The summed E-state index contributed by atoms with van der Waals surface area (Å²) in [4.78, 5) is 22.2. The maximum absolute atomic E-state index is 12.7. The minimum atomic E-state index is -4.78. The second-order valence-electron chi connectivity index (χ2n) is 7.97. The summed E-state index contributed by atoms with van der Waals surface area (Å²) in [5, 5.41) is 7.47. The Morgan fingerprint density at radius 2 is 1.94 bits per heavy atom. The quantitative estimate of drug-likeness (QED) is 0.496. The Morgan fingerprint density at radius 1 is 1.16 bits per heavy atom. The fourth-order valence-electron chi connectivity index (χ4n) is 4.13. The van der Waals surface area contributed by atoms with E-state index in [4.69, 9.17) is 0 Å². The van der Waals surface area contributed by atoms with Crippen molar-refractivity contribution in [2.75, 3.05) is 11.4 Å². The smallest absolute Gasteiger partial charge is 0.406 e. The summed E-state index contributed by atoms with van der Waals surface area (Å²) in [5.74, 6) is 0.103. The van der Waals surface area contributed by atoms with Crippen molar-refractivity contribution < 1.29 is 22.7 Å². The van der Waals surface area contributed by atoms with Gasteiger partial charge in [-0.1, -0.05) is 0 Å². The molecule has 0 aliphatic carbocycles. The van der Waals surface area contributed by atoms with E-state index in [1.165, 1.54) is 18.2 Å². The Bertz CT molecular complexity index is 1350. The maximum Gasteiger partial charge on any atom is 0.573 e. The lowest BCUT2D eigenvalue weighted by atomic mass is 9.86. The van der Waals surface area contributed by atoms with Gasteiger partial charge < -0.3 is 14.6 Å². The average Bonchev–Trinajstić information content (AvgIpc) is 3.33. The van der Waals surface area contributed by atoms with Crippen LogP contribution in [0.15, 0.2) is 30.3 Å². The molecule has 1 aliphatic heterocycles. The molecule has 0 radical (unpaired) electrons. The zero-order chi connectivity index (χ0) is 22.1. The van der Waals surface area contributed by atoms with E-state index in [1.54, 1.807) is 4.90 Å². The van der Waals surface area contributed by atoms with Gasteiger partial charge in [0.2, 0.25) is 5.91 Å². The molecule has 3 heterocycles. The highest BCUT2D eigenvalue weighted by atomic mass is 19.4. The minimum Gasteiger partial charge on any atom is -0.406 e. The lowest BCUT2D eigenvalue weighted by molar-refractivity contribution is -0.274. The Kier molecular flexibility index (Phi) is 3.90. The molecule has 0 bridgehead atoms. The number of H-pyrrole nitrogens is 2. The molecule has 160 valence electrons.